The SMILES string of the molecule is COc1nc2c(c(Nc3ccccc3OC)n1)CCNCC2. The Hall–Kier alpha value is -2.34. The molecule has 2 aromatic rings. The van der Waals surface area contributed by atoms with E-state index in [1.807, 2.05) is 24.3 Å². The number of hydrogen-bond donors (Lipinski definition) is 2. The molecular weight excluding hydrogens is 280 g/mol. The topological polar surface area (TPSA) is 68.3 Å². The molecule has 1 aromatic heterocycles. The van der Waals surface area contributed by atoms with Crippen LogP contribution < -0.4 is 20.1 Å². The summed E-state index contributed by atoms with van der Waals surface area (Å²) in [6, 6.07) is 8.17. The maximum atomic E-state index is 5.39. The molecule has 0 spiro atoms. The van der Waals surface area contributed by atoms with Crippen LogP contribution in [0.4, 0.5) is 11.5 Å². The maximum absolute atomic E-state index is 5.39. The molecule has 116 valence electrons. The lowest BCUT2D eigenvalue weighted by molar-refractivity contribution is 0.378. The van der Waals surface area contributed by atoms with Crippen LogP contribution in [-0.4, -0.2) is 37.3 Å². The zero-order chi connectivity index (χ0) is 15.4. The number of fused-ring (bicyclic) bond motifs is 1. The highest BCUT2D eigenvalue weighted by Gasteiger charge is 2.18. The van der Waals surface area contributed by atoms with Gasteiger partial charge in [0.1, 0.15) is 11.6 Å². The number of nitrogens with zero attached hydrogens (tertiary/aromatic N) is 2. The highest BCUT2D eigenvalue weighted by molar-refractivity contribution is 5.66. The number of rotatable bonds is 4. The third kappa shape index (κ3) is 2.96. The van der Waals surface area contributed by atoms with Crippen molar-refractivity contribution in [3.8, 4) is 11.8 Å². The smallest absolute Gasteiger partial charge is 0.318 e. The van der Waals surface area contributed by atoms with Gasteiger partial charge in [-0.05, 0) is 25.1 Å². The summed E-state index contributed by atoms with van der Waals surface area (Å²) in [6.45, 7) is 1.84. The molecule has 0 amide bonds. The van der Waals surface area contributed by atoms with E-state index in [1.54, 1.807) is 14.2 Å². The molecule has 0 radical (unpaired) electrons. The Balaban J connectivity index is 2.01. The van der Waals surface area contributed by atoms with Gasteiger partial charge in [-0.3, -0.25) is 0 Å². The van der Waals surface area contributed by atoms with Gasteiger partial charge in [0, 0.05) is 18.5 Å². The van der Waals surface area contributed by atoms with Crippen molar-refractivity contribution < 1.29 is 9.47 Å². The molecule has 0 saturated carbocycles. The van der Waals surface area contributed by atoms with E-state index in [0.29, 0.717) is 6.01 Å². The number of ether oxygens (including phenoxy) is 2. The summed E-state index contributed by atoms with van der Waals surface area (Å²) in [5.74, 6) is 1.57. The number of anilines is 2. The van der Waals surface area contributed by atoms with Crippen LogP contribution in [0.3, 0.4) is 0 Å². The molecule has 1 aliphatic rings. The number of methoxy groups -OCH3 is 2. The van der Waals surface area contributed by atoms with Gasteiger partial charge in [-0.15, -0.1) is 0 Å². The zero-order valence-electron chi connectivity index (χ0n) is 12.8. The molecule has 22 heavy (non-hydrogen) atoms. The quantitative estimate of drug-likeness (QED) is 0.899. The molecule has 0 bridgehead atoms. The van der Waals surface area contributed by atoms with E-state index in [-0.39, 0.29) is 0 Å². The first-order valence-corrected chi connectivity index (χ1v) is 7.36. The summed E-state index contributed by atoms with van der Waals surface area (Å²) in [5, 5.41) is 6.75. The number of aromatic nitrogens is 2. The first-order valence-electron chi connectivity index (χ1n) is 7.36. The van der Waals surface area contributed by atoms with E-state index < -0.39 is 0 Å². The molecule has 1 aromatic carbocycles. The Labute approximate surface area is 129 Å². The van der Waals surface area contributed by atoms with E-state index in [9.17, 15) is 0 Å². The van der Waals surface area contributed by atoms with Crippen LogP contribution in [-0.2, 0) is 12.8 Å². The van der Waals surface area contributed by atoms with Crippen LogP contribution in [0.2, 0.25) is 0 Å². The van der Waals surface area contributed by atoms with Crippen LogP contribution in [0.1, 0.15) is 11.3 Å². The standard InChI is InChI=1S/C16H20N4O2/c1-21-14-6-4-3-5-13(14)18-15-11-7-9-17-10-8-12(11)19-16(20-15)22-2/h3-6,17H,7-10H2,1-2H3,(H,18,19,20). The largest absolute Gasteiger partial charge is 0.495 e. The van der Waals surface area contributed by atoms with E-state index in [0.717, 1.165) is 54.4 Å². The Morgan fingerprint density at radius 3 is 2.68 bits per heavy atom. The molecule has 0 aliphatic carbocycles. The van der Waals surface area contributed by atoms with Gasteiger partial charge in [0.05, 0.1) is 25.6 Å². The summed E-state index contributed by atoms with van der Waals surface area (Å²) in [7, 11) is 3.25. The van der Waals surface area contributed by atoms with Crippen molar-refractivity contribution in [1.82, 2.24) is 15.3 Å². The number of para-hydroxylation sites is 2. The third-order valence-electron chi connectivity index (χ3n) is 3.71. The van der Waals surface area contributed by atoms with Gasteiger partial charge >= 0.3 is 6.01 Å². The number of hydrogen-bond acceptors (Lipinski definition) is 6. The summed E-state index contributed by atoms with van der Waals surface area (Å²) in [6.07, 6.45) is 1.76. The summed E-state index contributed by atoms with van der Waals surface area (Å²) in [4.78, 5) is 8.98. The van der Waals surface area contributed by atoms with E-state index in [2.05, 4.69) is 20.6 Å². The normalized spacial score (nSPS) is 13.9. The third-order valence-corrected chi connectivity index (χ3v) is 3.71. The van der Waals surface area contributed by atoms with Gasteiger partial charge in [0.25, 0.3) is 0 Å². The lowest BCUT2D eigenvalue weighted by Crippen LogP contribution is -2.16. The summed E-state index contributed by atoms with van der Waals surface area (Å²) < 4.78 is 10.6. The molecule has 2 heterocycles. The minimum absolute atomic E-state index is 0.387. The lowest BCUT2D eigenvalue weighted by Gasteiger charge is -2.15. The van der Waals surface area contributed by atoms with Gasteiger partial charge in [-0.1, -0.05) is 12.1 Å². The Morgan fingerprint density at radius 2 is 1.86 bits per heavy atom. The highest BCUT2D eigenvalue weighted by Crippen LogP contribution is 2.30. The fourth-order valence-corrected chi connectivity index (χ4v) is 2.59. The highest BCUT2D eigenvalue weighted by atomic mass is 16.5. The lowest BCUT2D eigenvalue weighted by atomic mass is 10.1. The average molecular weight is 300 g/mol. The van der Waals surface area contributed by atoms with Gasteiger partial charge in [0.2, 0.25) is 0 Å². The summed E-state index contributed by atoms with van der Waals surface area (Å²) in [5.41, 5.74) is 3.05. The van der Waals surface area contributed by atoms with Crippen LogP contribution in [0.15, 0.2) is 24.3 Å². The zero-order valence-corrected chi connectivity index (χ0v) is 12.8. The van der Waals surface area contributed by atoms with E-state index >= 15 is 0 Å². The molecule has 3 rings (SSSR count). The fraction of sp³-hybridized carbons (Fsp3) is 0.375. The van der Waals surface area contributed by atoms with Crippen molar-refractivity contribution in [2.45, 2.75) is 12.8 Å². The molecule has 0 atom stereocenters. The number of nitrogens with one attached hydrogen (secondary N) is 2. The average Bonchev–Trinajstić information content (AvgIpc) is 2.80. The first kappa shape index (κ1) is 14.6. The molecule has 1 aliphatic heterocycles. The molecule has 0 saturated heterocycles. The van der Waals surface area contributed by atoms with Crippen molar-refractivity contribution in [2.75, 3.05) is 32.6 Å². The second-order valence-electron chi connectivity index (χ2n) is 5.06. The first-order chi connectivity index (χ1) is 10.8. The van der Waals surface area contributed by atoms with Crippen LogP contribution in [0, 0.1) is 0 Å². The Morgan fingerprint density at radius 1 is 1.05 bits per heavy atom. The Bertz CT molecular complexity index is 661. The molecule has 6 nitrogen and oxygen atoms in total. The fourth-order valence-electron chi connectivity index (χ4n) is 2.59. The van der Waals surface area contributed by atoms with Gasteiger partial charge in [0.15, 0.2) is 0 Å². The van der Waals surface area contributed by atoms with Gasteiger partial charge in [-0.25, -0.2) is 0 Å². The molecule has 2 N–H and O–H groups in total. The van der Waals surface area contributed by atoms with Crippen molar-refractivity contribution in [3.63, 3.8) is 0 Å². The maximum Gasteiger partial charge on any atom is 0.318 e. The minimum atomic E-state index is 0.387. The second-order valence-corrected chi connectivity index (χ2v) is 5.06. The van der Waals surface area contributed by atoms with Crippen LogP contribution in [0.25, 0.3) is 0 Å². The van der Waals surface area contributed by atoms with E-state index in [4.69, 9.17) is 9.47 Å². The van der Waals surface area contributed by atoms with Crippen molar-refractivity contribution >= 4 is 11.5 Å². The van der Waals surface area contributed by atoms with Gasteiger partial charge < -0.3 is 20.1 Å². The van der Waals surface area contributed by atoms with Gasteiger partial charge in [-0.2, -0.15) is 9.97 Å². The molecule has 0 fully saturated rings. The molecule has 0 unspecified atom stereocenters. The molecule has 6 heteroatoms. The van der Waals surface area contributed by atoms with E-state index in [1.165, 1.54) is 0 Å². The minimum Gasteiger partial charge on any atom is -0.495 e. The number of benzene rings is 1. The monoisotopic (exact) mass is 300 g/mol. The summed E-state index contributed by atoms with van der Waals surface area (Å²) >= 11 is 0. The van der Waals surface area contributed by atoms with Crippen molar-refractivity contribution in [2.24, 2.45) is 0 Å². The second kappa shape index (κ2) is 6.62. The Kier molecular flexibility index (Phi) is 4.39. The predicted molar refractivity (Wildman–Crippen MR) is 85.1 cm³/mol. The van der Waals surface area contributed by atoms with Crippen molar-refractivity contribution in [3.05, 3.63) is 35.5 Å². The predicted octanol–water partition coefficient (Wildman–Crippen LogP) is 1.93. The van der Waals surface area contributed by atoms with Crippen molar-refractivity contribution in [1.29, 1.82) is 0 Å². The molecular formula is C16H20N4O2. The van der Waals surface area contributed by atoms with Crippen LogP contribution in [0.5, 0.6) is 11.8 Å². The van der Waals surface area contributed by atoms with Crippen LogP contribution >= 0.6 is 0 Å².